The molecule has 45 heavy (non-hydrogen) atoms. The molecule has 0 aromatic carbocycles. The predicted octanol–water partition coefficient (Wildman–Crippen LogP) is 7.69. The fourth-order valence-corrected chi connectivity index (χ4v) is 6.32. The van der Waals surface area contributed by atoms with Gasteiger partial charge in [0, 0.05) is 53.1 Å². The van der Waals surface area contributed by atoms with Gasteiger partial charge < -0.3 is 19.0 Å². The zero-order valence-electron chi connectivity index (χ0n) is 27.2. The number of carbonyl (C=O) groups excluding carboxylic acids is 2. The van der Waals surface area contributed by atoms with Crippen molar-refractivity contribution < 1.29 is 19.1 Å². The van der Waals surface area contributed by atoms with Crippen molar-refractivity contribution in [2.45, 2.75) is 53.4 Å². The fourth-order valence-electron chi connectivity index (χ4n) is 6.32. The Kier molecular flexibility index (Phi) is 8.77. The Labute approximate surface area is 263 Å². The number of aryl methyl sites for hydroxylation is 4. The summed E-state index contributed by atoms with van der Waals surface area (Å²) in [5.41, 5.74) is 15.1. The number of H-pyrrole nitrogens is 1. The summed E-state index contributed by atoms with van der Waals surface area (Å²) in [4.78, 5) is 38.2. The molecule has 1 N–H and O–H groups in total. The molecular formula is C37H40N4O4. The van der Waals surface area contributed by atoms with Gasteiger partial charge in [0.25, 0.3) is 0 Å². The molecule has 0 atom stereocenters. The van der Waals surface area contributed by atoms with Crippen LogP contribution in [0.1, 0.15) is 78.1 Å². The third-order valence-corrected chi connectivity index (χ3v) is 9.06. The van der Waals surface area contributed by atoms with E-state index in [1.54, 1.807) is 0 Å². The Morgan fingerprint density at radius 2 is 1.38 bits per heavy atom. The first-order valence-electron chi connectivity index (χ1n) is 15.0. The van der Waals surface area contributed by atoms with Crippen LogP contribution in [0, 0.1) is 13.8 Å². The number of aromatic amines is 1. The highest BCUT2D eigenvalue weighted by Gasteiger charge is 2.22. The molecule has 0 saturated carbocycles. The number of ether oxygens (including phenoxy) is 2. The highest BCUT2D eigenvalue weighted by Crippen LogP contribution is 2.37. The molecule has 0 aliphatic carbocycles. The molecule has 8 bridgehead atoms. The molecule has 0 fully saturated rings. The van der Waals surface area contributed by atoms with Gasteiger partial charge in [-0.2, -0.15) is 0 Å². The molecule has 0 radical (unpaired) electrons. The Hall–Kier alpha value is -4.98. The van der Waals surface area contributed by atoms with Crippen LogP contribution in [0.2, 0.25) is 0 Å². The number of hydrogen-bond acceptors (Lipinski definition) is 6. The smallest absolute Gasteiger partial charge is 0.305 e. The number of nitrogens with zero attached hydrogens (tertiary/aromatic N) is 3. The normalized spacial score (nSPS) is 12.9. The molecule has 8 nitrogen and oxygen atoms in total. The van der Waals surface area contributed by atoms with E-state index in [4.69, 9.17) is 19.4 Å². The van der Waals surface area contributed by atoms with E-state index in [1.807, 2.05) is 32.2 Å². The first-order valence-corrected chi connectivity index (χ1v) is 15.0. The molecule has 0 saturated heterocycles. The van der Waals surface area contributed by atoms with Crippen LogP contribution in [0.4, 0.5) is 0 Å². The van der Waals surface area contributed by atoms with Gasteiger partial charge in [-0.05, 0) is 98.2 Å². The van der Waals surface area contributed by atoms with Gasteiger partial charge in [-0.15, -0.1) is 0 Å². The molecule has 0 unspecified atom stereocenters. The van der Waals surface area contributed by atoms with Crippen LogP contribution >= 0.6 is 0 Å². The lowest BCUT2D eigenvalue weighted by Crippen LogP contribution is -2.02. The van der Waals surface area contributed by atoms with Crippen LogP contribution in [0.25, 0.3) is 50.4 Å². The minimum atomic E-state index is -0.277. The third-order valence-electron chi connectivity index (χ3n) is 9.06. The maximum absolute atomic E-state index is 12.2. The highest BCUT2D eigenvalue weighted by atomic mass is 16.5. The number of esters is 2. The number of allylic oxidation sites excluding steroid dienone is 5. The van der Waals surface area contributed by atoms with Gasteiger partial charge in [0.2, 0.25) is 0 Å². The average molecular weight is 605 g/mol. The van der Waals surface area contributed by atoms with Gasteiger partial charge in [0.1, 0.15) is 0 Å². The van der Waals surface area contributed by atoms with Gasteiger partial charge in [-0.25, -0.2) is 9.97 Å². The summed E-state index contributed by atoms with van der Waals surface area (Å²) in [6, 6.07) is 8.27. The highest BCUT2D eigenvalue weighted by molar-refractivity contribution is 5.98. The van der Waals surface area contributed by atoms with Crippen molar-refractivity contribution >= 4 is 62.4 Å². The lowest BCUT2D eigenvalue weighted by Gasteiger charge is -2.05. The summed E-state index contributed by atoms with van der Waals surface area (Å²) in [5.74, 6) is -0.547. The van der Waals surface area contributed by atoms with Crippen molar-refractivity contribution in [3.8, 4) is 0 Å². The largest absolute Gasteiger partial charge is 0.469 e. The number of carbonyl (C=O) groups is 2. The molecule has 8 heteroatoms. The average Bonchev–Trinajstić information content (AvgIpc) is 3.66. The van der Waals surface area contributed by atoms with Crippen molar-refractivity contribution in [1.29, 1.82) is 0 Å². The van der Waals surface area contributed by atoms with Crippen LogP contribution in [0.3, 0.4) is 0 Å². The number of aromatic nitrogens is 4. The van der Waals surface area contributed by atoms with Crippen molar-refractivity contribution in [2.75, 3.05) is 14.2 Å². The van der Waals surface area contributed by atoms with E-state index in [9.17, 15) is 9.59 Å². The standard InChI is InChI=1S/C37H40N4O4/c1-10-24-20(3)28-16-32-25(11-2)21(4)30(40-32)18-34-23(6)27(13-15-37(43)45-9)35(41(34)7)19-33-26(12-14-36(42)44-8)22(5)29(39-33)17-31(24)38-28/h10-11,16-19,38H,1-2,12-15H2,3-9H3. The lowest BCUT2D eigenvalue weighted by atomic mass is 10.00. The Bertz CT molecular complexity index is 2000. The van der Waals surface area contributed by atoms with Gasteiger partial charge >= 0.3 is 11.9 Å². The molecule has 3 aromatic rings. The van der Waals surface area contributed by atoms with Crippen molar-refractivity contribution in [2.24, 2.45) is 7.05 Å². The van der Waals surface area contributed by atoms with Gasteiger partial charge in [-0.1, -0.05) is 25.3 Å². The van der Waals surface area contributed by atoms with Crippen LogP contribution < -0.4 is 0 Å². The summed E-state index contributed by atoms with van der Waals surface area (Å²) < 4.78 is 12.1. The molecule has 3 aromatic heterocycles. The zero-order chi connectivity index (χ0) is 32.6. The first-order chi connectivity index (χ1) is 21.5. The predicted molar refractivity (Wildman–Crippen MR) is 182 cm³/mol. The van der Waals surface area contributed by atoms with Crippen LogP contribution in [-0.2, 0) is 32.5 Å². The van der Waals surface area contributed by atoms with Crippen molar-refractivity contribution in [3.05, 3.63) is 88.5 Å². The number of hydrogen-bond donors (Lipinski definition) is 1. The van der Waals surface area contributed by atoms with E-state index >= 15 is 0 Å². The van der Waals surface area contributed by atoms with Crippen molar-refractivity contribution in [3.63, 3.8) is 0 Å². The van der Waals surface area contributed by atoms with E-state index in [2.05, 4.69) is 61.7 Å². The summed E-state index contributed by atoms with van der Waals surface area (Å²) >= 11 is 0. The van der Waals surface area contributed by atoms with Gasteiger partial charge in [0.15, 0.2) is 0 Å². The SMILES string of the molecule is C=CC1=C(C)c2cc3c(C)c(CCC(=O)OC)c(cc4nc(cc5[nH]c(cc1n2)c(C)c5C=C)C(C)=C4CCC(=O)OC)n3C. The second-order valence-electron chi connectivity index (χ2n) is 11.5. The minimum absolute atomic E-state index is 0.234. The topological polar surface area (TPSA) is 99.1 Å². The van der Waals surface area contributed by atoms with Crippen LogP contribution in [0.5, 0.6) is 0 Å². The Morgan fingerprint density at radius 1 is 0.778 bits per heavy atom. The van der Waals surface area contributed by atoms with E-state index in [-0.39, 0.29) is 24.8 Å². The molecule has 5 rings (SSSR count). The zero-order valence-corrected chi connectivity index (χ0v) is 27.2. The number of nitrogens with one attached hydrogen (secondary N) is 1. The molecule has 232 valence electrons. The fraction of sp³-hybridized carbons (Fsp3) is 0.297. The molecule has 2 aliphatic rings. The van der Waals surface area contributed by atoms with E-state index < -0.39 is 0 Å². The second-order valence-corrected chi connectivity index (χ2v) is 11.5. The van der Waals surface area contributed by atoms with Crippen LogP contribution in [-0.4, -0.2) is 45.7 Å². The summed E-state index contributed by atoms with van der Waals surface area (Å²) in [7, 11) is 4.83. The molecular weight excluding hydrogens is 564 g/mol. The molecule has 5 heterocycles. The van der Waals surface area contributed by atoms with Crippen molar-refractivity contribution in [1.82, 2.24) is 19.5 Å². The summed E-state index contributed by atoms with van der Waals surface area (Å²) in [6.07, 6.45) is 5.16. The minimum Gasteiger partial charge on any atom is -0.469 e. The molecule has 2 aliphatic heterocycles. The summed E-state index contributed by atoms with van der Waals surface area (Å²) in [6.45, 7) is 16.4. The molecule has 0 amide bonds. The lowest BCUT2D eigenvalue weighted by molar-refractivity contribution is -0.141. The maximum Gasteiger partial charge on any atom is 0.305 e. The quantitative estimate of drug-likeness (QED) is 0.265. The Morgan fingerprint density at radius 3 is 2.02 bits per heavy atom. The van der Waals surface area contributed by atoms with Gasteiger partial charge in [0.05, 0.1) is 37.0 Å². The Balaban J connectivity index is 1.95. The first kappa shape index (κ1) is 31.4. The summed E-state index contributed by atoms with van der Waals surface area (Å²) in [5, 5.41) is 0. The third kappa shape index (κ3) is 5.68. The van der Waals surface area contributed by atoms with Crippen LogP contribution in [0.15, 0.2) is 43.5 Å². The number of methoxy groups -OCH3 is 2. The number of rotatable bonds is 8. The molecule has 0 spiro atoms. The number of fused-ring (bicyclic) bond motifs is 8. The van der Waals surface area contributed by atoms with Gasteiger partial charge in [-0.3, -0.25) is 9.59 Å². The monoisotopic (exact) mass is 604 g/mol. The van der Waals surface area contributed by atoms with E-state index in [1.165, 1.54) is 14.2 Å². The van der Waals surface area contributed by atoms with E-state index in [0.29, 0.717) is 12.8 Å². The van der Waals surface area contributed by atoms with E-state index in [0.717, 1.165) is 89.4 Å². The second kappa shape index (κ2) is 12.6. The maximum atomic E-state index is 12.2.